The van der Waals surface area contributed by atoms with E-state index in [1.807, 2.05) is 24.6 Å². The molecule has 1 aromatic heterocycles. The van der Waals surface area contributed by atoms with Crippen molar-refractivity contribution in [1.29, 1.82) is 0 Å². The Kier molecular flexibility index (Phi) is 2.83. The molecule has 0 spiro atoms. The molecule has 0 saturated heterocycles. The molecule has 0 amide bonds. The molecule has 0 aliphatic rings. The summed E-state index contributed by atoms with van der Waals surface area (Å²) in [6.45, 7) is 4.32. The number of aryl methyl sites for hydroxylation is 2. The van der Waals surface area contributed by atoms with Gasteiger partial charge < -0.3 is 0 Å². The van der Waals surface area contributed by atoms with E-state index >= 15 is 0 Å². The Labute approximate surface area is 71.8 Å². The van der Waals surface area contributed by atoms with Crippen LogP contribution in [-0.4, -0.2) is 13.3 Å². The van der Waals surface area contributed by atoms with Crippen LogP contribution in [0.4, 0.5) is 0 Å². The number of hydrogen-bond donors (Lipinski definition) is 0. The minimum absolute atomic E-state index is 1.13. The van der Waals surface area contributed by atoms with Crippen LogP contribution >= 0.6 is 11.3 Å². The van der Waals surface area contributed by atoms with Crippen molar-refractivity contribution in [2.75, 3.05) is 7.05 Å². The fourth-order valence-corrected chi connectivity index (χ4v) is 1.95. The molecule has 0 atom stereocenters. The first-order chi connectivity index (χ1) is 5.27. The molecule has 0 aromatic carbocycles. The lowest BCUT2D eigenvalue weighted by Crippen LogP contribution is -1.77. The largest absolute Gasteiger partial charge is 0.296 e. The van der Waals surface area contributed by atoms with Gasteiger partial charge in [0.25, 0.3) is 0 Å². The predicted octanol–water partition coefficient (Wildman–Crippen LogP) is 2.67. The Morgan fingerprint density at radius 1 is 1.64 bits per heavy atom. The Morgan fingerprint density at radius 2 is 2.36 bits per heavy atom. The highest BCUT2D eigenvalue weighted by Crippen LogP contribution is 2.20. The van der Waals surface area contributed by atoms with Crippen molar-refractivity contribution in [3.05, 3.63) is 21.4 Å². The molecule has 1 rings (SSSR count). The van der Waals surface area contributed by atoms with Gasteiger partial charge in [-0.1, -0.05) is 6.92 Å². The summed E-state index contributed by atoms with van der Waals surface area (Å²) in [6.07, 6.45) is 3.05. The molecule has 0 bridgehead atoms. The smallest absolute Gasteiger partial charge is 0.0292 e. The van der Waals surface area contributed by atoms with Gasteiger partial charge in [0.15, 0.2) is 0 Å². The highest BCUT2D eigenvalue weighted by molar-refractivity contribution is 7.12. The van der Waals surface area contributed by atoms with Gasteiger partial charge in [0.05, 0.1) is 0 Å². The van der Waals surface area contributed by atoms with E-state index in [0.29, 0.717) is 0 Å². The fourth-order valence-electron chi connectivity index (χ4n) is 1.00. The fraction of sp³-hybridized carbons (Fsp3) is 0.444. The number of rotatable bonds is 2. The van der Waals surface area contributed by atoms with Crippen LogP contribution in [0.3, 0.4) is 0 Å². The molecule has 1 heterocycles. The molecule has 0 aliphatic heterocycles. The van der Waals surface area contributed by atoms with E-state index < -0.39 is 0 Å². The van der Waals surface area contributed by atoms with E-state index in [-0.39, 0.29) is 0 Å². The first-order valence-corrected chi connectivity index (χ1v) is 4.61. The van der Waals surface area contributed by atoms with Crippen molar-refractivity contribution in [2.24, 2.45) is 4.99 Å². The van der Waals surface area contributed by atoms with E-state index in [1.165, 1.54) is 15.3 Å². The molecule has 0 N–H and O–H groups in total. The summed E-state index contributed by atoms with van der Waals surface area (Å²) < 4.78 is 0. The third kappa shape index (κ3) is 1.90. The Morgan fingerprint density at radius 3 is 2.82 bits per heavy atom. The summed E-state index contributed by atoms with van der Waals surface area (Å²) in [6, 6.07) is 2.22. The third-order valence-electron chi connectivity index (χ3n) is 1.62. The van der Waals surface area contributed by atoms with Gasteiger partial charge in [-0.3, -0.25) is 4.99 Å². The van der Waals surface area contributed by atoms with E-state index in [0.717, 1.165) is 6.42 Å². The first-order valence-electron chi connectivity index (χ1n) is 3.79. The lowest BCUT2D eigenvalue weighted by atomic mass is 10.2. The Balaban J connectivity index is 2.97. The minimum Gasteiger partial charge on any atom is -0.296 e. The van der Waals surface area contributed by atoms with Crippen LogP contribution in [0, 0.1) is 6.92 Å². The predicted molar refractivity (Wildman–Crippen MR) is 52.0 cm³/mol. The zero-order chi connectivity index (χ0) is 8.27. The molecule has 0 fully saturated rings. The maximum Gasteiger partial charge on any atom is 0.0292 e. The Bertz CT molecular complexity index is 261. The third-order valence-corrected chi connectivity index (χ3v) is 2.83. The molecular formula is C9H13NS. The second-order valence-corrected chi connectivity index (χ2v) is 3.81. The summed E-state index contributed by atoms with van der Waals surface area (Å²) in [5, 5.41) is 0. The average Bonchev–Trinajstić information content (AvgIpc) is 2.33. The normalized spacial score (nSPS) is 11.2. The van der Waals surface area contributed by atoms with Crippen molar-refractivity contribution in [3.8, 4) is 0 Å². The van der Waals surface area contributed by atoms with Gasteiger partial charge in [0.1, 0.15) is 0 Å². The summed E-state index contributed by atoms with van der Waals surface area (Å²) in [5.74, 6) is 0. The van der Waals surface area contributed by atoms with Crippen LogP contribution in [0.25, 0.3) is 0 Å². The van der Waals surface area contributed by atoms with E-state index in [9.17, 15) is 0 Å². The topological polar surface area (TPSA) is 12.4 Å². The maximum absolute atomic E-state index is 4.00. The maximum atomic E-state index is 4.00. The molecule has 1 aromatic rings. The molecule has 60 valence electrons. The van der Waals surface area contributed by atoms with Gasteiger partial charge in [-0.25, -0.2) is 0 Å². The quantitative estimate of drug-likeness (QED) is 0.600. The van der Waals surface area contributed by atoms with Gasteiger partial charge in [-0.05, 0) is 19.4 Å². The second kappa shape index (κ2) is 3.67. The van der Waals surface area contributed by atoms with Crippen molar-refractivity contribution in [1.82, 2.24) is 0 Å². The zero-order valence-electron chi connectivity index (χ0n) is 7.22. The van der Waals surface area contributed by atoms with Crippen LogP contribution in [0.5, 0.6) is 0 Å². The molecule has 11 heavy (non-hydrogen) atoms. The molecule has 1 nitrogen and oxygen atoms in total. The highest BCUT2D eigenvalue weighted by Gasteiger charge is 2.00. The van der Waals surface area contributed by atoms with E-state index in [2.05, 4.69) is 24.9 Å². The van der Waals surface area contributed by atoms with Crippen molar-refractivity contribution in [2.45, 2.75) is 20.3 Å². The summed E-state index contributed by atoms with van der Waals surface area (Å²) in [5.41, 5.74) is 1.27. The monoisotopic (exact) mass is 167 g/mol. The lowest BCUT2D eigenvalue weighted by molar-refractivity contribution is 1.19. The minimum atomic E-state index is 1.13. The van der Waals surface area contributed by atoms with Crippen LogP contribution < -0.4 is 0 Å². The van der Waals surface area contributed by atoms with Gasteiger partial charge in [-0.15, -0.1) is 11.3 Å². The molecule has 0 unspecified atom stereocenters. The molecule has 0 saturated carbocycles. The van der Waals surface area contributed by atoms with Crippen LogP contribution in [0.1, 0.15) is 22.2 Å². The summed E-state index contributed by atoms with van der Waals surface area (Å²) in [7, 11) is 1.81. The zero-order valence-corrected chi connectivity index (χ0v) is 8.03. The number of hydrogen-bond acceptors (Lipinski definition) is 2. The molecule has 0 aliphatic carbocycles. The number of nitrogens with zero attached hydrogens (tertiary/aromatic N) is 1. The SMILES string of the molecule is CCc1cc(C=NC)c(C)s1. The number of aliphatic imine (C=N–C) groups is 1. The van der Waals surface area contributed by atoms with Crippen LogP contribution in [0.2, 0.25) is 0 Å². The van der Waals surface area contributed by atoms with Gasteiger partial charge in [-0.2, -0.15) is 0 Å². The van der Waals surface area contributed by atoms with Crippen molar-refractivity contribution < 1.29 is 0 Å². The Hall–Kier alpha value is -0.630. The van der Waals surface area contributed by atoms with Crippen LogP contribution in [0.15, 0.2) is 11.1 Å². The van der Waals surface area contributed by atoms with Gasteiger partial charge >= 0.3 is 0 Å². The van der Waals surface area contributed by atoms with Gasteiger partial charge in [0, 0.05) is 28.6 Å². The number of thiophene rings is 1. The summed E-state index contributed by atoms with van der Waals surface area (Å²) >= 11 is 1.86. The second-order valence-electron chi connectivity index (χ2n) is 2.47. The van der Waals surface area contributed by atoms with Gasteiger partial charge in [0.2, 0.25) is 0 Å². The standard InChI is InChI=1S/C9H13NS/c1-4-9-5-8(6-10-3)7(2)11-9/h5-6H,4H2,1-3H3. The van der Waals surface area contributed by atoms with Crippen molar-refractivity contribution in [3.63, 3.8) is 0 Å². The van der Waals surface area contributed by atoms with E-state index in [4.69, 9.17) is 0 Å². The average molecular weight is 167 g/mol. The highest BCUT2D eigenvalue weighted by atomic mass is 32.1. The summed E-state index contributed by atoms with van der Waals surface area (Å²) in [4.78, 5) is 6.81. The van der Waals surface area contributed by atoms with E-state index in [1.54, 1.807) is 0 Å². The molecule has 0 radical (unpaired) electrons. The molecule has 2 heteroatoms. The lowest BCUT2D eigenvalue weighted by Gasteiger charge is -1.84. The molecular weight excluding hydrogens is 154 g/mol. The first kappa shape index (κ1) is 8.47. The van der Waals surface area contributed by atoms with Crippen LogP contribution in [-0.2, 0) is 6.42 Å². The van der Waals surface area contributed by atoms with Crippen molar-refractivity contribution >= 4 is 17.6 Å².